The van der Waals surface area contributed by atoms with Crippen LogP contribution >= 0.6 is 11.6 Å². The summed E-state index contributed by atoms with van der Waals surface area (Å²) in [7, 11) is 0. The predicted molar refractivity (Wildman–Crippen MR) is 42.1 cm³/mol. The molecule has 0 atom stereocenters. The molecule has 5 heteroatoms. The Morgan fingerprint density at radius 1 is 1.58 bits per heavy atom. The second-order valence-electron chi connectivity index (χ2n) is 2.21. The largest absolute Gasteiger partial charge is 0.507 e. The molecule has 1 aromatic carbocycles. The first-order chi connectivity index (χ1) is 5.65. The quantitative estimate of drug-likeness (QED) is 0.698. The van der Waals surface area contributed by atoms with E-state index < -0.39 is 5.82 Å². The Morgan fingerprint density at radius 3 is 2.83 bits per heavy atom. The van der Waals surface area contributed by atoms with Crippen molar-refractivity contribution in [2.24, 2.45) is 5.90 Å². The highest BCUT2D eigenvalue weighted by atomic mass is 35.5. The molecule has 0 saturated heterocycles. The molecule has 0 amide bonds. The molecule has 12 heavy (non-hydrogen) atoms. The first kappa shape index (κ1) is 9.25. The minimum atomic E-state index is -0.671. The van der Waals surface area contributed by atoms with Crippen LogP contribution in [0.25, 0.3) is 0 Å². The zero-order valence-corrected chi connectivity index (χ0v) is 6.81. The maximum atomic E-state index is 12.6. The molecule has 0 unspecified atom stereocenters. The second kappa shape index (κ2) is 3.71. The van der Waals surface area contributed by atoms with Crippen molar-refractivity contribution in [3.8, 4) is 5.75 Å². The standard InChI is InChI=1S/C7H7ClFNO2/c8-5-1-4(3-12-10)7(11)2-6(5)9/h1-2,11H,3,10H2. The molecule has 0 saturated carbocycles. The fourth-order valence-electron chi connectivity index (χ4n) is 0.783. The van der Waals surface area contributed by atoms with Crippen molar-refractivity contribution in [1.82, 2.24) is 0 Å². The van der Waals surface area contributed by atoms with E-state index in [2.05, 4.69) is 4.84 Å². The fourth-order valence-corrected chi connectivity index (χ4v) is 0.969. The molecule has 3 N–H and O–H groups in total. The summed E-state index contributed by atoms with van der Waals surface area (Å²) in [5, 5.41) is 9.04. The summed E-state index contributed by atoms with van der Waals surface area (Å²) in [6, 6.07) is 2.18. The van der Waals surface area contributed by atoms with Gasteiger partial charge in [0.15, 0.2) is 0 Å². The first-order valence-electron chi connectivity index (χ1n) is 3.13. The van der Waals surface area contributed by atoms with Crippen molar-refractivity contribution >= 4 is 11.6 Å². The number of nitrogens with two attached hydrogens (primary N) is 1. The summed E-state index contributed by atoms with van der Waals surface area (Å²) in [5.41, 5.74) is 0.351. The summed E-state index contributed by atoms with van der Waals surface area (Å²) < 4.78 is 12.6. The smallest absolute Gasteiger partial charge is 0.145 e. The fraction of sp³-hybridized carbons (Fsp3) is 0.143. The van der Waals surface area contributed by atoms with E-state index in [1.807, 2.05) is 0 Å². The summed E-state index contributed by atoms with van der Waals surface area (Å²) in [4.78, 5) is 4.26. The van der Waals surface area contributed by atoms with Crippen LogP contribution in [0, 0.1) is 5.82 Å². The van der Waals surface area contributed by atoms with Crippen LogP contribution in [-0.2, 0) is 11.4 Å². The van der Waals surface area contributed by atoms with E-state index >= 15 is 0 Å². The number of halogens is 2. The van der Waals surface area contributed by atoms with Crippen LogP contribution in [0.2, 0.25) is 5.02 Å². The SMILES string of the molecule is NOCc1cc(Cl)c(F)cc1O. The van der Waals surface area contributed by atoms with Gasteiger partial charge in [-0.15, -0.1) is 0 Å². The summed E-state index contributed by atoms with van der Waals surface area (Å²) in [6.45, 7) is -0.00810. The van der Waals surface area contributed by atoms with E-state index in [0.717, 1.165) is 6.07 Å². The van der Waals surface area contributed by atoms with Crippen LogP contribution in [-0.4, -0.2) is 5.11 Å². The van der Waals surface area contributed by atoms with Crippen LogP contribution in [0.5, 0.6) is 5.75 Å². The lowest BCUT2D eigenvalue weighted by molar-refractivity contribution is 0.122. The lowest BCUT2D eigenvalue weighted by atomic mass is 10.2. The van der Waals surface area contributed by atoms with E-state index in [0.29, 0.717) is 5.56 Å². The normalized spacial score (nSPS) is 10.2. The highest BCUT2D eigenvalue weighted by Crippen LogP contribution is 2.25. The van der Waals surface area contributed by atoms with Gasteiger partial charge in [0, 0.05) is 11.6 Å². The molecule has 0 heterocycles. The third kappa shape index (κ3) is 1.85. The number of rotatable bonds is 2. The van der Waals surface area contributed by atoms with Crippen LogP contribution < -0.4 is 5.90 Å². The molecule has 0 bridgehead atoms. The van der Waals surface area contributed by atoms with Gasteiger partial charge in [0.2, 0.25) is 0 Å². The number of benzene rings is 1. The maximum Gasteiger partial charge on any atom is 0.145 e. The van der Waals surface area contributed by atoms with Crippen LogP contribution in [0.1, 0.15) is 5.56 Å². The molecule has 0 aromatic heterocycles. The Morgan fingerprint density at radius 2 is 2.25 bits per heavy atom. The highest BCUT2D eigenvalue weighted by molar-refractivity contribution is 6.30. The second-order valence-corrected chi connectivity index (χ2v) is 2.61. The summed E-state index contributed by atoms with van der Waals surface area (Å²) in [5.74, 6) is 3.88. The van der Waals surface area contributed by atoms with Gasteiger partial charge in [-0.05, 0) is 6.07 Å². The molecule has 0 radical (unpaired) electrons. The Balaban J connectivity index is 3.05. The van der Waals surface area contributed by atoms with E-state index in [1.54, 1.807) is 0 Å². The van der Waals surface area contributed by atoms with Gasteiger partial charge in [0.1, 0.15) is 11.6 Å². The minimum Gasteiger partial charge on any atom is -0.507 e. The molecule has 66 valence electrons. The van der Waals surface area contributed by atoms with Gasteiger partial charge in [0.25, 0.3) is 0 Å². The Bertz CT molecular complexity index is 293. The van der Waals surface area contributed by atoms with Gasteiger partial charge in [-0.3, -0.25) is 4.84 Å². The predicted octanol–water partition coefficient (Wildman–Crippen LogP) is 1.57. The van der Waals surface area contributed by atoms with Crippen LogP contribution in [0.15, 0.2) is 12.1 Å². The highest BCUT2D eigenvalue weighted by Gasteiger charge is 2.06. The molecule has 0 aliphatic rings. The van der Waals surface area contributed by atoms with Gasteiger partial charge in [-0.2, -0.15) is 0 Å². The molecule has 3 nitrogen and oxygen atoms in total. The van der Waals surface area contributed by atoms with E-state index in [1.165, 1.54) is 6.07 Å². The van der Waals surface area contributed by atoms with Gasteiger partial charge in [-0.1, -0.05) is 11.6 Å². The van der Waals surface area contributed by atoms with Gasteiger partial charge in [-0.25, -0.2) is 10.3 Å². The summed E-state index contributed by atoms with van der Waals surface area (Å²) >= 11 is 5.44. The zero-order valence-electron chi connectivity index (χ0n) is 6.05. The lowest BCUT2D eigenvalue weighted by Crippen LogP contribution is -1.99. The minimum absolute atomic E-state index is 0.00810. The van der Waals surface area contributed by atoms with Gasteiger partial charge < -0.3 is 5.11 Å². The molecule has 1 aromatic rings. The average Bonchev–Trinajstić information content (AvgIpc) is 2.01. The van der Waals surface area contributed by atoms with E-state index in [9.17, 15) is 4.39 Å². The topological polar surface area (TPSA) is 55.5 Å². The van der Waals surface area contributed by atoms with E-state index in [-0.39, 0.29) is 17.4 Å². The molecule has 1 rings (SSSR count). The third-order valence-corrected chi connectivity index (χ3v) is 1.65. The molecule has 0 fully saturated rings. The Labute approximate surface area is 73.5 Å². The lowest BCUT2D eigenvalue weighted by Gasteiger charge is -2.03. The molecular formula is C7H7ClFNO2. The van der Waals surface area contributed by atoms with Crippen molar-refractivity contribution in [3.05, 3.63) is 28.5 Å². The average molecular weight is 192 g/mol. The Kier molecular flexibility index (Phi) is 2.86. The van der Waals surface area contributed by atoms with Crippen molar-refractivity contribution in [2.75, 3.05) is 0 Å². The Hall–Kier alpha value is -0.840. The van der Waals surface area contributed by atoms with E-state index in [4.69, 9.17) is 22.6 Å². The van der Waals surface area contributed by atoms with Crippen molar-refractivity contribution in [3.63, 3.8) is 0 Å². The number of aromatic hydroxyl groups is 1. The zero-order chi connectivity index (χ0) is 9.14. The van der Waals surface area contributed by atoms with Crippen LogP contribution in [0.4, 0.5) is 4.39 Å². The molecule has 0 aliphatic heterocycles. The number of phenols is 1. The number of hydrogen-bond acceptors (Lipinski definition) is 3. The third-order valence-electron chi connectivity index (χ3n) is 1.36. The maximum absolute atomic E-state index is 12.6. The monoisotopic (exact) mass is 191 g/mol. The molecule has 0 aliphatic carbocycles. The van der Waals surface area contributed by atoms with Gasteiger partial charge >= 0.3 is 0 Å². The first-order valence-corrected chi connectivity index (χ1v) is 3.51. The van der Waals surface area contributed by atoms with Crippen molar-refractivity contribution in [2.45, 2.75) is 6.61 Å². The van der Waals surface area contributed by atoms with Crippen LogP contribution in [0.3, 0.4) is 0 Å². The van der Waals surface area contributed by atoms with Gasteiger partial charge in [0.05, 0.1) is 11.6 Å². The van der Waals surface area contributed by atoms with Crippen molar-refractivity contribution in [1.29, 1.82) is 0 Å². The van der Waals surface area contributed by atoms with Crippen molar-refractivity contribution < 1.29 is 14.3 Å². The number of phenolic OH excluding ortho intramolecular Hbond substituents is 1. The number of hydrogen-bond donors (Lipinski definition) is 2. The summed E-state index contributed by atoms with van der Waals surface area (Å²) in [6.07, 6.45) is 0. The molecule has 0 spiro atoms. The molecular weight excluding hydrogens is 185 g/mol.